The Hall–Kier alpha value is -1.30. The van der Waals surface area contributed by atoms with Gasteiger partial charge in [0.05, 0.1) is 0 Å². The van der Waals surface area contributed by atoms with Crippen LogP contribution >= 0.6 is 0 Å². The Bertz CT molecular complexity index is 296. The second-order valence-electron chi connectivity index (χ2n) is 5.35. The number of ether oxygens (including phenoxy) is 1. The summed E-state index contributed by atoms with van der Waals surface area (Å²) in [5.41, 5.74) is -0.633. The van der Waals surface area contributed by atoms with Crippen molar-refractivity contribution in [2.24, 2.45) is 0 Å². The Labute approximate surface area is 115 Å². The van der Waals surface area contributed by atoms with Gasteiger partial charge in [0.25, 0.3) is 0 Å². The van der Waals surface area contributed by atoms with Crippen LogP contribution in [0.3, 0.4) is 0 Å². The van der Waals surface area contributed by atoms with Crippen LogP contribution in [0.1, 0.15) is 41.0 Å². The second-order valence-corrected chi connectivity index (χ2v) is 5.35. The van der Waals surface area contributed by atoms with Crippen LogP contribution in [-0.2, 0) is 9.53 Å². The monoisotopic (exact) mass is 274 g/mol. The molecule has 0 saturated heterocycles. The van der Waals surface area contributed by atoms with Crippen molar-refractivity contribution < 1.29 is 19.4 Å². The van der Waals surface area contributed by atoms with Crippen LogP contribution in [0.25, 0.3) is 0 Å². The summed E-state index contributed by atoms with van der Waals surface area (Å²) in [6, 6.07) is -0.921. The van der Waals surface area contributed by atoms with E-state index in [0.717, 1.165) is 13.1 Å². The van der Waals surface area contributed by atoms with Crippen molar-refractivity contribution in [2.75, 3.05) is 19.6 Å². The number of carboxylic acid groups (broad SMARTS) is 1. The van der Waals surface area contributed by atoms with E-state index in [9.17, 15) is 9.59 Å². The molecule has 0 rings (SSSR count). The SMILES string of the molecule is CCN(CC)CC[C@@H](NC(=O)OC(C)(C)C)C(=O)O. The standard InChI is InChI=1S/C13H26N2O4/c1-6-15(7-2)9-8-10(11(16)17)14-12(18)19-13(3,4)5/h10H,6-9H2,1-5H3,(H,14,18)(H,16,17)/t10-/m1/s1. The molecule has 1 atom stereocenters. The Morgan fingerprint density at radius 3 is 2.16 bits per heavy atom. The summed E-state index contributed by atoms with van der Waals surface area (Å²) in [5.74, 6) is -1.04. The highest BCUT2D eigenvalue weighted by Gasteiger charge is 2.24. The topological polar surface area (TPSA) is 78.9 Å². The lowest BCUT2D eigenvalue weighted by molar-refractivity contribution is -0.139. The summed E-state index contributed by atoms with van der Waals surface area (Å²) < 4.78 is 5.05. The van der Waals surface area contributed by atoms with Gasteiger partial charge in [0.15, 0.2) is 0 Å². The molecule has 6 nitrogen and oxygen atoms in total. The van der Waals surface area contributed by atoms with E-state index in [-0.39, 0.29) is 0 Å². The molecular formula is C13H26N2O4. The maximum atomic E-state index is 11.5. The van der Waals surface area contributed by atoms with Gasteiger partial charge < -0.3 is 20.1 Å². The average molecular weight is 274 g/mol. The van der Waals surface area contributed by atoms with Gasteiger partial charge in [-0.05, 0) is 40.3 Å². The maximum absolute atomic E-state index is 11.5. The number of alkyl carbamates (subject to hydrolysis) is 1. The first-order chi connectivity index (χ1) is 8.69. The molecule has 0 aromatic heterocycles. The van der Waals surface area contributed by atoms with Crippen LogP contribution in [0.4, 0.5) is 4.79 Å². The zero-order valence-electron chi connectivity index (χ0n) is 12.5. The van der Waals surface area contributed by atoms with Crippen LogP contribution in [0.5, 0.6) is 0 Å². The van der Waals surface area contributed by atoms with Crippen molar-refractivity contribution in [2.45, 2.75) is 52.7 Å². The van der Waals surface area contributed by atoms with E-state index in [1.165, 1.54) is 0 Å². The van der Waals surface area contributed by atoms with Crippen molar-refractivity contribution in [3.05, 3.63) is 0 Å². The minimum atomic E-state index is -1.04. The molecule has 0 heterocycles. The van der Waals surface area contributed by atoms with E-state index in [1.54, 1.807) is 20.8 Å². The highest BCUT2D eigenvalue weighted by Crippen LogP contribution is 2.07. The quantitative estimate of drug-likeness (QED) is 0.738. The third-order valence-corrected chi connectivity index (χ3v) is 2.62. The molecule has 0 unspecified atom stereocenters. The fourth-order valence-electron chi connectivity index (χ4n) is 1.56. The highest BCUT2D eigenvalue weighted by atomic mass is 16.6. The lowest BCUT2D eigenvalue weighted by Gasteiger charge is -2.23. The number of aliphatic carboxylic acids is 1. The second kappa shape index (κ2) is 7.99. The van der Waals surface area contributed by atoms with E-state index >= 15 is 0 Å². The van der Waals surface area contributed by atoms with Gasteiger partial charge in [-0.1, -0.05) is 13.8 Å². The van der Waals surface area contributed by atoms with Crippen LogP contribution < -0.4 is 5.32 Å². The van der Waals surface area contributed by atoms with Gasteiger partial charge in [0, 0.05) is 6.54 Å². The zero-order chi connectivity index (χ0) is 15.1. The van der Waals surface area contributed by atoms with Gasteiger partial charge in [-0.15, -0.1) is 0 Å². The van der Waals surface area contributed by atoms with Crippen LogP contribution in [0.15, 0.2) is 0 Å². The number of carboxylic acids is 1. The lowest BCUT2D eigenvalue weighted by atomic mass is 10.2. The van der Waals surface area contributed by atoms with Gasteiger partial charge in [-0.25, -0.2) is 9.59 Å². The molecule has 6 heteroatoms. The largest absolute Gasteiger partial charge is 0.480 e. The minimum Gasteiger partial charge on any atom is -0.480 e. The predicted molar refractivity (Wildman–Crippen MR) is 73.2 cm³/mol. The number of amides is 1. The number of rotatable bonds is 7. The molecule has 0 bridgehead atoms. The van der Waals surface area contributed by atoms with Crippen molar-refractivity contribution in [1.29, 1.82) is 0 Å². The van der Waals surface area contributed by atoms with Gasteiger partial charge >= 0.3 is 12.1 Å². The molecule has 0 radical (unpaired) electrons. The summed E-state index contributed by atoms with van der Waals surface area (Å²) >= 11 is 0. The summed E-state index contributed by atoms with van der Waals surface area (Å²) in [5, 5.41) is 11.5. The maximum Gasteiger partial charge on any atom is 0.408 e. The van der Waals surface area contributed by atoms with Crippen LogP contribution in [0, 0.1) is 0 Å². The number of carbonyl (C=O) groups is 2. The van der Waals surface area contributed by atoms with E-state index < -0.39 is 23.7 Å². The molecule has 19 heavy (non-hydrogen) atoms. The molecule has 1 amide bonds. The van der Waals surface area contributed by atoms with E-state index in [0.29, 0.717) is 13.0 Å². The van der Waals surface area contributed by atoms with E-state index in [1.807, 2.05) is 13.8 Å². The molecule has 0 aromatic rings. The van der Waals surface area contributed by atoms with Gasteiger partial charge in [0.1, 0.15) is 11.6 Å². The molecule has 0 spiro atoms. The van der Waals surface area contributed by atoms with E-state index in [4.69, 9.17) is 9.84 Å². The van der Waals surface area contributed by atoms with Crippen LogP contribution in [-0.4, -0.2) is 53.3 Å². The third kappa shape index (κ3) is 8.42. The molecule has 2 N–H and O–H groups in total. The van der Waals surface area contributed by atoms with Crippen molar-refractivity contribution in [1.82, 2.24) is 10.2 Å². The molecule has 0 aromatic carbocycles. The number of carbonyl (C=O) groups excluding carboxylic acids is 1. The molecule has 0 aliphatic heterocycles. The van der Waals surface area contributed by atoms with Crippen molar-refractivity contribution in [3.8, 4) is 0 Å². The Morgan fingerprint density at radius 2 is 1.79 bits per heavy atom. The van der Waals surface area contributed by atoms with Crippen LogP contribution in [0.2, 0.25) is 0 Å². The molecular weight excluding hydrogens is 248 g/mol. The van der Waals surface area contributed by atoms with Crippen molar-refractivity contribution in [3.63, 3.8) is 0 Å². The van der Waals surface area contributed by atoms with Gasteiger partial charge in [-0.2, -0.15) is 0 Å². The first-order valence-electron chi connectivity index (χ1n) is 6.64. The Morgan fingerprint density at radius 1 is 1.26 bits per heavy atom. The molecule has 0 saturated carbocycles. The first kappa shape index (κ1) is 17.7. The van der Waals surface area contributed by atoms with Crippen molar-refractivity contribution >= 4 is 12.1 Å². The summed E-state index contributed by atoms with van der Waals surface area (Å²) in [6.45, 7) is 11.6. The average Bonchev–Trinajstić information content (AvgIpc) is 2.25. The number of nitrogens with one attached hydrogen (secondary N) is 1. The van der Waals surface area contributed by atoms with E-state index in [2.05, 4.69) is 10.2 Å². The minimum absolute atomic E-state index is 0.357. The lowest BCUT2D eigenvalue weighted by Crippen LogP contribution is -2.45. The fraction of sp³-hybridized carbons (Fsp3) is 0.846. The number of hydrogen-bond acceptors (Lipinski definition) is 4. The smallest absolute Gasteiger partial charge is 0.408 e. The first-order valence-corrected chi connectivity index (χ1v) is 6.64. The highest BCUT2D eigenvalue weighted by molar-refractivity contribution is 5.79. The fourth-order valence-corrected chi connectivity index (χ4v) is 1.56. The summed E-state index contributed by atoms with van der Waals surface area (Å²) in [4.78, 5) is 24.8. The Balaban J connectivity index is 4.34. The molecule has 112 valence electrons. The predicted octanol–water partition coefficient (Wildman–Crippen LogP) is 1.70. The normalized spacial score (nSPS) is 13.2. The number of hydrogen-bond donors (Lipinski definition) is 2. The summed E-state index contributed by atoms with van der Waals surface area (Å²) in [7, 11) is 0. The third-order valence-electron chi connectivity index (χ3n) is 2.62. The molecule has 0 aliphatic rings. The summed E-state index contributed by atoms with van der Waals surface area (Å²) in [6.07, 6.45) is -0.338. The Kier molecular flexibility index (Phi) is 7.44. The molecule has 0 aliphatic carbocycles. The zero-order valence-corrected chi connectivity index (χ0v) is 12.5. The van der Waals surface area contributed by atoms with Gasteiger partial charge in [0.2, 0.25) is 0 Å². The number of nitrogens with zero attached hydrogens (tertiary/aromatic N) is 1. The molecule has 0 fully saturated rings. The van der Waals surface area contributed by atoms with Gasteiger partial charge in [-0.3, -0.25) is 0 Å².